The quantitative estimate of drug-likeness (QED) is 0.632. The fourth-order valence-corrected chi connectivity index (χ4v) is 2.36. The number of benzene rings is 1. The Morgan fingerprint density at radius 2 is 2.12 bits per heavy atom. The van der Waals surface area contributed by atoms with Crippen LogP contribution in [0.1, 0.15) is 0 Å². The average molecular weight is 266 g/mol. The van der Waals surface area contributed by atoms with Crippen LogP contribution in [0.2, 0.25) is 5.15 Å². The molecule has 3 aromatic rings. The van der Waals surface area contributed by atoms with E-state index in [0.717, 1.165) is 4.88 Å². The summed E-state index contributed by atoms with van der Waals surface area (Å²) < 4.78 is 13.5. The van der Waals surface area contributed by atoms with Crippen LogP contribution < -0.4 is 0 Å². The average Bonchev–Trinajstić information content (AvgIpc) is 2.81. The molecule has 0 radical (unpaired) electrons. The maximum absolute atomic E-state index is 13.5. The van der Waals surface area contributed by atoms with Gasteiger partial charge >= 0.3 is 0 Å². The zero-order chi connectivity index (χ0) is 11.8. The standard InChI is InChI=1S/C11H5ClFN3S/c12-10-9-6(13)2-1-3-7(9)15-11(16-10)8-4-14-5-17-8/h1-5H. The van der Waals surface area contributed by atoms with E-state index in [9.17, 15) is 4.39 Å². The molecule has 3 rings (SSSR count). The second-order valence-electron chi connectivity index (χ2n) is 3.34. The molecule has 0 atom stereocenters. The van der Waals surface area contributed by atoms with Crippen molar-refractivity contribution in [1.29, 1.82) is 0 Å². The molecule has 3 nitrogen and oxygen atoms in total. The van der Waals surface area contributed by atoms with Crippen LogP contribution >= 0.6 is 22.9 Å². The van der Waals surface area contributed by atoms with Gasteiger partial charge in [-0.25, -0.2) is 14.4 Å². The summed E-state index contributed by atoms with van der Waals surface area (Å²) in [6, 6.07) is 4.64. The number of hydrogen-bond acceptors (Lipinski definition) is 4. The summed E-state index contributed by atoms with van der Waals surface area (Å²) in [4.78, 5) is 13.1. The minimum atomic E-state index is -0.414. The molecule has 2 heterocycles. The molecule has 1 aromatic carbocycles. The van der Waals surface area contributed by atoms with E-state index >= 15 is 0 Å². The molecule has 17 heavy (non-hydrogen) atoms. The Morgan fingerprint density at radius 3 is 2.88 bits per heavy atom. The van der Waals surface area contributed by atoms with Crippen molar-refractivity contribution in [2.24, 2.45) is 0 Å². The molecule has 0 bridgehead atoms. The molecular formula is C11H5ClFN3S. The van der Waals surface area contributed by atoms with Crippen molar-refractivity contribution in [3.8, 4) is 10.7 Å². The van der Waals surface area contributed by atoms with Crippen LogP contribution in [0.3, 0.4) is 0 Å². The van der Waals surface area contributed by atoms with Crippen molar-refractivity contribution >= 4 is 33.8 Å². The molecule has 0 aliphatic heterocycles. The van der Waals surface area contributed by atoms with Gasteiger partial charge in [-0.2, -0.15) is 0 Å². The molecule has 84 valence electrons. The molecular weight excluding hydrogens is 261 g/mol. The molecule has 0 fully saturated rings. The molecule has 0 aliphatic rings. The normalized spacial score (nSPS) is 10.9. The van der Waals surface area contributed by atoms with E-state index in [0.29, 0.717) is 11.3 Å². The number of fused-ring (bicyclic) bond motifs is 1. The third-order valence-corrected chi connectivity index (χ3v) is 3.32. The minimum Gasteiger partial charge on any atom is -0.252 e. The summed E-state index contributed by atoms with van der Waals surface area (Å²) in [7, 11) is 0. The zero-order valence-electron chi connectivity index (χ0n) is 8.39. The first-order valence-corrected chi connectivity index (χ1v) is 6.02. The molecule has 6 heteroatoms. The molecule has 0 N–H and O–H groups in total. The highest BCUT2D eigenvalue weighted by molar-refractivity contribution is 7.13. The fourth-order valence-electron chi connectivity index (χ4n) is 1.53. The van der Waals surface area contributed by atoms with Gasteiger partial charge in [-0.1, -0.05) is 17.7 Å². The predicted molar refractivity (Wildman–Crippen MR) is 65.6 cm³/mol. The van der Waals surface area contributed by atoms with E-state index in [2.05, 4.69) is 15.0 Å². The van der Waals surface area contributed by atoms with Crippen molar-refractivity contribution in [2.45, 2.75) is 0 Å². The summed E-state index contributed by atoms with van der Waals surface area (Å²) in [5.41, 5.74) is 2.18. The number of rotatable bonds is 1. The molecule has 0 saturated heterocycles. The van der Waals surface area contributed by atoms with Crippen molar-refractivity contribution in [2.75, 3.05) is 0 Å². The first-order valence-electron chi connectivity index (χ1n) is 4.76. The highest BCUT2D eigenvalue weighted by Crippen LogP contribution is 2.27. The molecule has 2 aromatic heterocycles. The maximum Gasteiger partial charge on any atom is 0.173 e. The monoisotopic (exact) mass is 265 g/mol. The van der Waals surface area contributed by atoms with E-state index in [-0.39, 0.29) is 10.5 Å². The SMILES string of the molecule is Fc1cccc2nc(-c3cncs3)nc(Cl)c12. The van der Waals surface area contributed by atoms with Gasteiger partial charge in [0.05, 0.1) is 21.3 Å². The summed E-state index contributed by atoms with van der Waals surface area (Å²) >= 11 is 7.39. The van der Waals surface area contributed by atoms with Gasteiger partial charge in [0.2, 0.25) is 0 Å². The predicted octanol–water partition coefficient (Wildman–Crippen LogP) is 3.55. The van der Waals surface area contributed by atoms with E-state index in [1.54, 1.807) is 23.8 Å². The first-order chi connectivity index (χ1) is 8.25. The largest absolute Gasteiger partial charge is 0.252 e. The lowest BCUT2D eigenvalue weighted by Crippen LogP contribution is -1.92. The highest BCUT2D eigenvalue weighted by atomic mass is 35.5. The molecule has 0 unspecified atom stereocenters. The van der Waals surface area contributed by atoms with Crippen LogP contribution in [0, 0.1) is 5.82 Å². The Labute approximate surface area is 105 Å². The van der Waals surface area contributed by atoms with Gasteiger partial charge in [-0.15, -0.1) is 11.3 Å². The van der Waals surface area contributed by atoms with Crippen molar-refractivity contribution in [3.05, 3.63) is 40.9 Å². The van der Waals surface area contributed by atoms with Gasteiger partial charge in [0.25, 0.3) is 0 Å². The van der Waals surface area contributed by atoms with Crippen molar-refractivity contribution in [3.63, 3.8) is 0 Å². The summed E-state index contributed by atoms with van der Waals surface area (Å²) in [5, 5.41) is 0.374. The van der Waals surface area contributed by atoms with Crippen molar-refractivity contribution < 1.29 is 4.39 Å². The van der Waals surface area contributed by atoms with Gasteiger partial charge < -0.3 is 0 Å². The van der Waals surface area contributed by atoms with Crippen LogP contribution in [-0.4, -0.2) is 15.0 Å². The topological polar surface area (TPSA) is 38.7 Å². The third-order valence-electron chi connectivity index (χ3n) is 2.28. The van der Waals surface area contributed by atoms with E-state index < -0.39 is 5.82 Å². The Bertz CT molecular complexity index is 684. The maximum atomic E-state index is 13.5. The second-order valence-corrected chi connectivity index (χ2v) is 4.58. The number of hydrogen-bond donors (Lipinski definition) is 0. The summed E-state index contributed by atoms with van der Waals surface area (Å²) in [5.74, 6) is 0.0546. The number of halogens is 2. The number of aromatic nitrogens is 3. The van der Waals surface area contributed by atoms with E-state index in [1.165, 1.54) is 17.4 Å². The highest BCUT2D eigenvalue weighted by Gasteiger charge is 2.11. The Morgan fingerprint density at radius 1 is 1.24 bits per heavy atom. The van der Waals surface area contributed by atoms with Gasteiger partial charge in [0.1, 0.15) is 11.0 Å². The second kappa shape index (κ2) is 4.01. The smallest absolute Gasteiger partial charge is 0.173 e. The molecule has 0 spiro atoms. The molecule has 0 saturated carbocycles. The first kappa shape index (κ1) is 10.6. The van der Waals surface area contributed by atoms with E-state index in [4.69, 9.17) is 11.6 Å². The lowest BCUT2D eigenvalue weighted by molar-refractivity contribution is 0.639. The van der Waals surface area contributed by atoms with Gasteiger partial charge in [-0.3, -0.25) is 4.98 Å². The van der Waals surface area contributed by atoms with Crippen LogP contribution in [0.5, 0.6) is 0 Å². The van der Waals surface area contributed by atoms with Crippen molar-refractivity contribution in [1.82, 2.24) is 15.0 Å². The summed E-state index contributed by atoms with van der Waals surface area (Å²) in [6.45, 7) is 0. The Hall–Kier alpha value is -1.59. The lowest BCUT2D eigenvalue weighted by Gasteiger charge is -2.03. The van der Waals surface area contributed by atoms with E-state index in [1.807, 2.05) is 0 Å². The fraction of sp³-hybridized carbons (Fsp3) is 0. The van der Waals surface area contributed by atoms with Crippen LogP contribution in [0.4, 0.5) is 4.39 Å². The van der Waals surface area contributed by atoms with Crippen LogP contribution in [0.15, 0.2) is 29.9 Å². The third kappa shape index (κ3) is 1.77. The lowest BCUT2D eigenvalue weighted by atomic mass is 10.2. The Balaban J connectivity index is 2.32. The van der Waals surface area contributed by atoms with Crippen LogP contribution in [0.25, 0.3) is 21.6 Å². The van der Waals surface area contributed by atoms with Gasteiger partial charge in [0, 0.05) is 6.20 Å². The number of thiazole rings is 1. The summed E-state index contributed by atoms with van der Waals surface area (Å²) in [6.07, 6.45) is 1.65. The molecule has 0 amide bonds. The Kier molecular flexibility index (Phi) is 2.49. The number of nitrogens with zero attached hydrogens (tertiary/aromatic N) is 3. The van der Waals surface area contributed by atoms with Gasteiger partial charge in [0.15, 0.2) is 5.82 Å². The van der Waals surface area contributed by atoms with Crippen LogP contribution in [-0.2, 0) is 0 Å². The van der Waals surface area contributed by atoms with Gasteiger partial charge in [-0.05, 0) is 12.1 Å². The molecule has 0 aliphatic carbocycles. The zero-order valence-corrected chi connectivity index (χ0v) is 9.96. The minimum absolute atomic E-state index is 0.122.